The zero-order valence-corrected chi connectivity index (χ0v) is 11.6. The number of methoxy groups -OCH3 is 2. The maximum Gasteiger partial charge on any atom is 0.130 e. The molecule has 2 rings (SSSR count). The van der Waals surface area contributed by atoms with E-state index in [0.29, 0.717) is 0 Å². The number of hydrogen-bond acceptors (Lipinski definition) is 4. The molecule has 1 aromatic heterocycles. The van der Waals surface area contributed by atoms with Gasteiger partial charge in [0.05, 0.1) is 14.2 Å². The third-order valence-corrected chi connectivity index (χ3v) is 3.66. The van der Waals surface area contributed by atoms with Gasteiger partial charge in [0, 0.05) is 23.1 Å². The molecular formula is C14H17NO2S. The van der Waals surface area contributed by atoms with Crippen LogP contribution in [0.4, 0.5) is 0 Å². The monoisotopic (exact) mass is 263 g/mol. The lowest BCUT2D eigenvalue weighted by molar-refractivity contribution is 0.395. The van der Waals surface area contributed by atoms with Crippen LogP contribution in [0.25, 0.3) is 11.1 Å². The molecule has 0 fully saturated rings. The zero-order valence-electron chi connectivity index (χ0n) is 10.8. The SMILES string of the molecule is CNCc1cc(-c2ccc(OC)cc2OC)cs1. The van der Waals surface area contributed by atoms with Crippen molar-refractivity contribution in [2.24, 2.45) is 0 Å². The Morgan fingerprint density at radius 2 is 2.00 bits per heavy atom. The second kappa shape index (κ2) is 5.89. The fourth-order valence-electron chi connectivity index (χ4n) is 1.83. The van der Waals surface area contributed by atoms with Crippen LogP contribution in [-0.2, 0) is 6.54 Å². The lowest BCUT2D eigenvalue weighted by Crippen LogP contribution is -2.02. The zero-order chi connectivity index (χ0) is 13.0. The van der Waals surface area contributed by atoms with E-state index in [4.69, 9.17) is 9.47 Å². The molecule has 2 aromatic rings. The lowest BCUT2D eigenvalue weighted by atomic mass is 10.1. The van der Waals surface area contributed by atoms with Gasteiger partial charge >= 0.3 is 0 Å². The van der Waals surface area contributed by atoms with Crippen molar-refractivity contribution in [1.82, 2.24) is 5.32 Å². The molecule has 0 aliphatic heterocycles. The largest absolute Gasteiger partial charge is 0.497 e. The van der Waals surface area contributed by atoms with E-state index in [1.54, 1.807) is 25.6 Å². The van der Waals surface area contributed by atoms with Gasteiger partial charge in [-0.1, -0.05) is 0 Å². The van der Waals surface area contributed by atoms with Crippen LogP contribution in [0.1, 0.15) is 4.88 Å². The molecule has 0 atom stereocenters. The van der Waals surface area contributed by atoms with E-state index in [-0.39, 0.29) is 0 Å². The van der Waals surface area contributed by atoms with E-state index >= 15 is 0 Å². The quantitative estimate of drug-likeness (QED) is 0.899. The van der Waals surface area contributed by atoms with Gasteiger partial charge in [-0.15, -0.1) is 11.3 Å². The summed E-state index contributed by atoms with van der Waals surface area (Å²) in [7, 11) is 5.29. The van der Waals surface area contributed by atoms with Crippen LogP contribution in [-0.4, -0.2) is 21.3 Å². The number of rotatable bonds is 5. The number of nitrogens with one attached hydrogen (secondary N) is 1. The highest BCUT2D eigenvalue weighted by Crippen LogP contribution is 2.35. The molecular weight excluding hydrogens is 246 g/mol. The molecule has 0 spiro atoms. The molecule has 0 unspecified atom stereocenters. The van der Waals surface area contributed by atoms with Gasteiger partial charge in [-0.25, -0.2) is 0 Å². The lowest BCUT2D eigenvalue weighted by Gasteiger charge is -2.09. The smallest absolute Gasteiger partial charge is 0.130 e. The molecule has 0 bridgehead atoms. The number of ether oxygens (including phenoxy) is 2. The molecule has 1 aromatic carbocycles. The Morgan fingerprint density at radius 1 is 1.17 bits per heavy atom. The van der Waals surface area contributed by atoms with E-state index in [2.05, 4.69) is 16.8 Å². The highest BCUT2D eigenvalue weighted by Gasteiger charge is 2.09. The summed E-state index contributed by atoms with van der Waals surface area (Å²) in [4.78, 5) is 1.31. The minimum Gasteiger partial charge on any atom is -0.497 e. The van der Waals surface area contributed by atoms with Crippen molar-refractivity contribution < 1.29 is 9.47 Å². The predicted molar refractivity (Wildman–Crippen MR) is 75.6 cm³/mol. The Kier molecular flexibility index (Phi) is 4.23. The summed E-state index contributed by atoms with van der Waals surface area (Å²) < 4.78 is 10.6. The van der Waals surface area contributed by atoms with Gasteiger partial charge in [-0.05, 0) is 36.2 Å². The standard InChI is InChI=1S/C14H17NO2S/c1-15-8-12-6-10(9-18-12)13-5-4-11(16-2)7-14(13)17-3/h4-7,9,15H,8H2,1-3H3. The molecule has 0 radical (unpaired) electrons. The Labute approximate surface area is 111 Å². The van der Waals surface area contributed by atoms with Crippen LogP contribution in [0.15, 0.2) is 29.6 Å². The van der Waals surface area contributed by atoms with Crippen LogP contribution in [0.5, 0.6) is 11.5 Å². The third-order valence-electron chi connectivity index (χ3n) is 2.72. The second-order valence-electron chi connectivity index (χ2n) is 3.90. The van der Waals surface area contributed by atoms with E-state index < -0.39 is 0 Å². The summed E-state index contributed by atoms with van der Waals surface area (Å²) in [6.07, 6.45) is 0. The summed E-state index contributed by atoms with van der Waals surface area (Å²) in [5.41, 5.74) is 2.28. The molecule has 1 N–H and O–H groups in total. The van der Waals surface area contributed by atoms with Gasteiger partial charge in [0.1, 0.15) is 11.5 Å². The average Bonchev–Trinajstić information content (AvgIpc) is 2.87. The first-order valence-electron chi connectivity index (χ1n) is 5.73. The van der Waals surface area contributed by atoms with Gasteiger partial charge in [0.2, 0.25) is 0 Å². The van der Waals surface area contributed by atoms with Crippen LogP contribution < -0.4 is 14.8 Å². The van der Waals surface area contributed by atoms with Gasteiger partial charge in [-0.2, -0.15) is 0 Å². The number of hydrogen-bond donors (Lipinski definition) is 1. The molecule has 18 heavy (non-hydrogen) atoms. The fourth-order valence-corrected chi connectivity index (χ4v) is 2.72. The van der Waals surface area contributed by atoms with Crippen LogP contribution in [0, 0.1) is 0 Å². The molecule has 96 valence electrons. The van der Waals surface area contributed by atoms with E-state index in [9.17, 15) is 0 Å². The van der Waals surface area contributed by atoms with Crippen LogP contribution in [0.2, 0.25) is 0 Å². The Bertz CT molecular complexity index is 522. The predicted octanol–water partition coefficient (Wildman–Crippen LogP) is 3.15. The average molecular weight is 263 g/mol. The fraction of sp³-hybridized carbons (Fsp3) is 0.286. The molecule has 0 amide bonds. The van der Waals surface area contributed by atoms with Crippen molar-refractivity contribution in [1.29, 1.82) is 0 Å². The van der Waals surface area contributed by atoms with Crippen LogP contribution in [0.3, 0.4) is 0 Å². The summed E-state index contributed by atoms with van der Waals surface area (Å²) in [5.74, 6) is 1.64. The highest BCUT2D eigenvalue weighted by atomic mass is 32.1. The minimum atomic E-state index is 0.807. The van der Waals surface area contributed by atoms with Gasteiger partial charge in [0.25, 0.3) is 0 Å². The van der Waals surface area contributed by atoms with Gasteiger partial charge < -0.3 is 14.8 Å². The van der Waals surface area contributed by atoms with Crippen molar-refractivity contribution in [3.05, 3.63) is 34.5 Å². The van der Waals surface area contributed by atoms with E-state index in [1.165, 1.54) is 10.4 Å². The second-order valence-corrected chi connectivity index (χ2v) is 4.89. The first kappa shape index (κ1) is 12.9. The first-order chi connectivity index (χ1) is 8.78. The van der Waals surface area contributed by atoms with Crippen molar-refractivity contribution in [3.63, 3.8) is 0 Å². The Hall–Kier alpha value is -1.52. The van der Waals surface area contributed by atoms with E-state index in [0.717, 1.165) is 23.6 Å². The topological polar surface area (TPSA) is 30.5 Å². The summed E-state index contributed by atoms with van der Waals surface area (Å²) >= 11 is 1.75. The van der Waals surface area contributed by atoms with Gasteiger partial charge in [0.15, 0.2) is 0 Å². The summed E-state index contributed by atoms with van der Waals surface area (Å²) in [5, 5.41) is 5.30. The van der Waals surface area contributed by atoms with Crippen molar-refractivity contribution >= 4 is 11.3 Å². The highest BCUT2D eigenvalue weighted by molar-refractivity contribution is 7.10. The number of thiophene rings is 1. The number of benzene rings is 1. The van der Waals surface area contributed by atoms with Gasteiger partial charge in [-0.3, -0.25) is 0 Å². The first-order valence-corrected chi connectivity index (χ1v) is 6.61. The summed E-state index contributed by atoms with van der Waals surface area (Å²) in [6.45, 7) is 0.892. The third kappa shape index (κ3) is 2.66. The van der Waals surface area contributed by atoms with Crippen molar-refractivity contribution in [2.45, 2.75) is 6.54 Å². The Balaban J connectivity index is 2.36. The normalized spacial score (nSPS) is 10.4. The molecule has 3 nitrogen and oxygen atoms in total. The summed E-state index contributed by atoms with van der Waals surface area (Å²) in [6, 6.07) is 8.08. The molecule has 1 heterocycles. The molecule has 0 saturated carbocycles. The van der Waals surface area contributed by atoms with E-state index in [1.807, 2.05) is 25.2 Å². The molecule has 0 saturated heterocycles. The van der Waals surface area contributed by atoms with Crippen molar-refractivity contribution in [2.75, 3.05) is 21.3 Å². The maximum atomic E-state index is 5.42. The molecule has 4 heteroatoms. The maximum absolute atomic E-state index is 5.42. The minimum absolute atomic E-state index is 0.807. The van der Waals surface area contributed by atoms with Crippen molar-refractivity contribution in [3.8, 4) is 22.6 Å². The molecule has 0 aliphatic carbocycles. The molecule has 0 aliphatic rings. The van der Waals surface area contributed by atoms with Crippen LogP contribution >= 0.6 is 11.3 Å². The Morgan fingerprint density at radius 3 is 2.67 bits per heavy atom.